The molecule has 124 valence electrons. The molecular formula is C13H18F6O2. The van der Waals surface area contributed by atoms with Crippen LogP contribution in [0.1, 0.15) is 39.5 Å². The van der Waals surface area contributed by atoms with Crippen LogP contribution in [-0.2, 0) is 4.79 Å². The highest BCUT2D eigenvalue weighted by atomic mass is 19.4. The van der Waals surface area contributed by atoms with E-state index in [-0.39, 0.29) is 0 Å². The number of allylic oxidation sites excluding steroid dienone is 2. The largest absolute Gasteiger partial charge is 0.512 e. The van der Waals surface area contributed by atoms with E-state index in [0.29, 0.717) is 18.9 Å². The second-order valence-electron chi connectivity index (χ2n) is 4.82. The Morgan fingerprint density at radius 1 is 0.952 bits per heavy atom. The van der Waals surface area contributed by atoms with Crippen LogP contribution in [-0.4, -0.2) is 23.2 Å². The monoisotopic (exact) mass is 320 g/mol. The molecule has 21 heavy (non-hydrogen) atoms. The van der Waals surface area contributed by atoms with Crippen molar-refractivity contribution >= 4 is 5.78 Å². The maximum Gasteiger partial charge on any atom is 0.389 e. The molecule has 0 bridgehead atoms. The number of rotatable bonds is 7. The Labute approximate surface area is 118 Å². The SMILES string of the molecule is CCC(CC)C(=O)/C=C(\O)C(CC(F)(F)F)CC(F)(F)F. The van der Waals surface area contributed by atoms with Crippen molar-refractivity contribution in [3.8, 4) is 0 Å². The molecule has 0 aromatic carbocycles. The van der Waals surface area contributed by atoms with Crippen molar-refractivity contribution in [2.75, 3.05) is 0 Å². The Bertz CT molecular complexity index is 350. The summed E-state index contributed by atoms with van der Waals surface area (Å²) in [6.07, 6.45) is -12.1. The van der Waals surface area contributed by atoms with Gasteiger partial charge in [0.2, 0.25) is 0 Å². The summed E-state index contributed by atoms with van der Waals surface area (Å²) in [4.78, 5) is 11.7. The van der Waals surface area contributed by atoms with Crippen LogP contribution in [0.25, 0.3) is 0 Å². The summed E-state index contributed by atoms with van der Waals surface area (Å²) in [5.41, 5.74) is 0. The standard InChI is InChI=1S/C13H18F6O2/c1-3-8(4-2)10(20)5-11(21)9(6-12(14,15)16)7-13(17,18)19/h5,8-9,21H,3-4,6-7H2,1-2H3/b11-5-. The Kier molecular flexibility index (Phi) is 7.26. The van der Waals surface area contributed by atoms with Crippen LogP contribution in [0.4, 0.5) is 26.3 Å². The lowest BCUT2D eigenvalue weighted by Crippen LogP contribution is -2.24. The number of aliphatic hydroxyl groups excluding tert-OH is 1. The summed E-state index contributed by atoms with van der Waals surface area (Å²) in [6, 6.07) is 0. The quantitative estimate of drug-likeness (QED) is 0.409. The third-order valence-corrected chi connectivity index (χ3v) is 3.05. The topological polar surface area (TPSA) is 37.3 Å². The fourth-order valence-electron chi connectivity index (χ4n) is 1.91. The van der Waals surface area contributed by atoms with Crippen LogP contribution in [0, 0.1) is 11.8 Å². The van der Waals surface area contributed by atoms with E-state index >= 15 is 0 Å². The predicted octanol–water partition coefficient (Wildman–Crippen LogP) is 4.95. The minimum absolute atomic E-state index is 0.391. The van der Waals surface area contributed by atoms with Gasteiger partial charge in [0, 0.05) is 17.9 Å². The number of hydrogen-bond acceptors (Lipinski definition) is 2. The summed E-state index contributed by atoms with van der Waals surface area (Å²) >= 11 is 0. The molecule has 0 spiro atoms. The first-order chi connectivity index (χ1) is 9.39. The molecule has 2 nitrogen and oxygen atoms in total. The second kappa shape index (κ2) is 7.70. The molecule has 0 rings (SSSR count). The Balaban J connectivity index is 5.17. The Morgan fingerprint density at radius 3 is 1.62 bits per heavy atom. The second-order valence-corrected chi connectivity index (χ2v) is 4.82. The van der Waals surface area contributed by atoms with E-state index in [1.807, 2.05) is 0 Å². The van der Waals surface area contributed by atoms with Gasteiger partial charge in [-0.1, -0.05) is 13.8 Å². The zero-order valence-electron chi connectivity index (χ0n) is 11.7. The zero-order chi connectivity index (χ0) is 16.8. The van der Waals surface area contributed by atoms with Crippen molar-refractivity contribution in [1.29, 1.82) is 0 Å². The molecule has 0 atom stereocenters. The van der Waals surface area contributed by atoms with E-state index < -0.39 is 48.6 Å². The first-order valence-corrected chi connectivity index (χ1v) is 6.47. The lowest BCUT2D eigenvalue weighted by Gasteiger charge is -2.20. The van der Waals surface area contributed by atoms with Gasteiger partial charge in [0.1, 0.15) is 0 Å². The van der Waals surface area contributed by atoms with Crippen LogP contribution in [0.3, 0.4) is 0 Å². The Morgan fingerprint density at radius 2 is 1.33 bits per heavy atom. The van der Waals surface area contributed by atoms with Gasteiger partial charge in [-0.05, 0) is 12.8 Å². The molecule has 0 saturated carbocycles. The van der Waals surface area contributed by atoms with Crippen molar-refractivity contribution in [2.24, 2.45) is 11.8 Å². The van der Waals surface area contributed by atoms with E-state index in [1.165, 1.54) is 0 Å². The summed E-state index contributed by atoms with van der Waals surface area (Å²) in [5.74, 6) is -4.54. The van der Waals surface area contributed by atoms with E-state index in [9.17, 15) is 36.2 Å². The third kappa shape index (κ3) is 8.62. The lowest BCUT2D eigenvalue weighted by atomic mass is 9.93. The summed E-state index contributed by atoms with van der Waals surface area (Å²) in [5, 5.41) is 9.49. The number of carbonyl (C=O) groups is 1. The van der Waals surface area contributed by atoms with E-state index in [2.05, 4.69) is 0 Å². The predicted molar refractivity (Wildman–Crippen MR) is 64.6 cm³/mol. The number of aliphatic hydroxyl groups is 1. The molecule has 0 radical (unpaired) electrons. The van der Waals surface area contributed by atoms with Gasteiger partial charge in [0.15, 0.2) is 5.78 Å². The molecule has 0 amide bonds. The van der Waals surface area contributed by atoms with E-state index in [0.717, 1.165) is 0 Å². The van der Waals surface area contributed by atoms with Gasteiger partial charge < -0.3 is 5.11 Å². The number of alkyl halides is 6. The fourth-order valence-corrected chi connectivity index (χ4v) is 1.91. The molecule has 0 aromatic heterocycles. The molecule has 0 aromatic rings. The fraction of sp³-hybridized carbons (Fsp3) is 0.769. The van der Waals surface area contributed by atoms with Gasteiger partial charge in [-0.15, -0.1) is 0 Å². The first-order valence-electron chi connectivity index (χ1n) is 6.47. The van der Waals surface area contributed by atoms with Crippen molar-refractivity contribution in [1.82, 2.24) is 0 Å². The molecule has 0 aliphatic carbocycles. The number of hydrogen-bond donors (Lipinski definition) is 1. The van der Waals surface area contributed by atoms with Gasteiger partial charge in [-0.25, -0.2) is 0 Å². The average molecular weight is 320 g/mol. The van der Waals surface area contributed by atoms with Crippen LogP contribution in [0.2, 0.25) is 0 Å². The number of halogens is 6. The van der Waals surface area contributed by atoms with Gasteiger partial charge in [0.05, 0.1) is 18.6 Å². The normalized spacial score (nSPS) is 14.1. The molecule has 0 saturated heterocycles. The van der Waals surface area contributed by atoms with Crippen LogP contribution >= 0.6 is 0 Å². The molecule has 0 heterocycles. The highest BCUT2D eigenvalue weighted by Gasteiger charge is 2.40. The van der Waals surface area contributed by atoms with Gasteiger partial charge in [-0.3, -0.25) is 4.79 Å². The van der Waals surface area contributed by atoms with Crippen LogP contribution in [0.15, 0.2) is 11.8 Å². The molecule has 0 aliphatic rings. The lowest BCUT2D eigenvalue weighted by molar-refractivity contribution is -0.171. The molecule has 0 aliphatic heterocycles. The number of ketones is 1. The molecular weight excluding hydrogens is 302 g/mol. The van der Waals surface area contributed by atoms with Crippen molar-refractivity contribution in [3.63, 3.8) is 0 Å². The van der Waals surface area contributed by atoms with Crippen molar-refractivity contribution in [3.05, 3.63) is 11.8 Å². The van der Waals surface area contributed by atoms with Crippen LogP contribution < -0.4 is 0 Å². The average Bonchev–Trinajstić information content (AvgIpc) is 2.25. The van der Waals surface area contributed by atoms with E-state index in [1.54, 1.807) is 13.8 Å². The molecule has 0 unspecified atom stereocenters. The first kappa shape index (κ1) is 19.8. The Hall–Kier alpha value is -1.21. The molecule has 0 fully saturated rings. The summed E-state index contributed by atoms with van der Waals surface area (Å²) in [6.45, 7) is 3.33. The highest BCUT2D eigenvalue weighted by molar-refractivity contribution is 5.92. The van der Waals surface area contributed by atoms with Crippen molar-refractivity contribution < 1.29 is 36.2 Å². The maximum atomic E-state index is 12.3. The summed E-state index contributed by atoms with van der Waals surface area (Å²) in [7, 11) is 0. The smallest absolute Gasteiger partial charge is 0.389 e. The highest BCUT2D eigenvalue weighted by Crippen LogP contribution is 2.36. The van der Waals surface area contributed by atoms with Gasteiger partial charge in [-0.2, -0.15) is 26.3 Å². The minimum Gasteiger partial charge on any atom is -0.512 e. The maximum absolute atomic E-state index is 12.3. The van der Waals surface area contributed by atoms with Crippen molar-refractivity contribution in [2.45, 2.75) is 51.9 Å². The molecule has 1 N–H and O–H groups in total. The minimum atomic E-state index is -4.87. The summed E-state index contributed by atoms with van der Waals surface area (Å²) < 4.78 is 73.7. The third-order valence-electron chi connectivity index (χ3n) is 3.05. The van der Waals surface area contributed by atoms with Crippen LogP contribution in [0.5, 0.6) is 0 Å². The number of carbonyl (C=O) groups excluding carboxylic acids is 1. The van der Waals surface area contributed by atoms with E-state index in [4.69, 9.17) is 0 Å². The van der Waals surface area contributed by atoms with Gasteiger partial charge in [0.25, 0.3) is 0 Å². The molecule has 8 heteroatoms. The zero-order valence-corrected chi connectivity index (χ0v) is 11.7. The van der Waals surface area contributed by atoms with Gasteiger partial charge >= 0.3 is 12.4 Å².